The van der Waals surface area contributed by atoms with Crippen LogP contribution in [0.15, 0.2) is 53.6 Å². The molecule has 5 rings (SSSR count). The zero-order valence-electron chi connectivity index (χ0n) is 17.2. The molecule has 2 aromatic carbocycles. The molecule has 9 heteroatoms. The summed E-state index contributed by atoms with van der Waals surface area (Å²) in [6.45, 7) is 2.36. The van der Waals surface area contributed by atoms with Crippen molar-refractivity contribution in [3.05, 3.63) is 54.4 Å². The van der Waals surface area contributed by atoms with Crippen molar-refractivity contribution in [3.8, 4) is 0 Å². The van der Waals surface area contributed by atoms with Crippen LogP contribution in [0.4, 0.5) is 0 Å². The zero-order valence-corrected chi connectivity index (χ0v) is 18.0. The van der Waals surface area contributed by atoms with Crippen molar-refractivity contribution >= 4 is 26.7 Å². The van der Waals surface area contributed by atoms with Crippen LogP contribution in [0.3, 0.4) is 0 Å². The highest BCUT2D eigenvalue weighted by molar-refractivity contribution is 7.89. The quantitative estimate of drug-likeness (QED) is 0.624. The van der Waals surface area contributed by atoms with E-state index in [1.807, 2.05) is 35.2 Å². The summed E-state index contributed by atoms with van der Waals surface area (Å²) in [4.78, 5) is 14.7. The van der Waals surface area contributed by atoms with Gasteiger partial charge in [0.25, 0.3) is 5.91 Å². The number of sulfonamides is 1. The maximum absolute atomic E-state index is 13.3. The highest BCUT2D eigenvalue weighted by Crippen LogP contribution is 2.30. The van der Waals surface area contributed by atoms with Crippen molar-refractivity contribution in [3.63, 3.8) is 0 Å². The lowest BCUT2D eigenvalue weighted by Gasteiger charge is -2.31. The van der Waals surface area contributed by atoms with E-state index in [2.05, 4.69) is 10.3 Å². The van der Waals surface area contributed by atoms with Gasteiger partial charge in [0.15, 0.2) is 5.69 Å². The van der Waals surface area contributed by atoms with Crippen molar-refractivity contribution in [2.45, 2.75) is 36.6 Å². The van der Waals surface area contributed by atoms with Crippen molar-refractivity contribution in [1.29, 1.82) is 0 Å². The minimum atomic E-state index is -3.59. The molecule has 3 aromatic rings. The third-order valence-corrected chi connectivity index (χ3v) is 8.24. The molecule has 8 nitrogen and oxygen atoms in total. The summed E-state index contributed by atoms with van der Waals surface area (Å²) >= 11 is 0. The highest BCUT2D eigenvalue weighted by atomic mass is 32.2. The van der Waals surface area contributed by atoms with Gasteiger partial charge in [0, 0.05) is 31.6 Å². The molecule has 0 atom stereocenters. The van der Waals surface area contributed by atoms with Gasteiger partial charge in [-0.15, -0.1) is 5.10 Å². The predicted octanol–water partition coefficient (Wildman–Crippen LogP) is 2.69. The number of rotatable bonds is 4. The van der Waals surface area contributed by atoms with Crippen molar-refractivity contribution in [2.75, 3.05) is 26.2 Å². The van der Waals surface area contributed by atoms with Crippen LogP contribution in [-0.2, 0) is 10.0 Å². The number of nitrogens with zero attached hydrogens (tertiary/aromatic N) is 5. The Morgan fingerprint density at radius 3 is 2.42 bits per heavy atom. The van der Waals surface area contributed by atoms with Crippen LogP contribution in [-0.4, -0.2) is 64.7 Å². The first-order valence-electron chi connectivity index (χ1n) is 10.7. The number of hydrogen-bond donors (Lipinski definition) is 0. The number of aromatic nitrogens is 3. The largest absolute Gasteiger partial charge is 0.337 e. The van der Waals surface area contributed by atoms with Gasteiger partial charge in [-0.25, -0.2) is 13.1 Å². The maximum Gasteiger partial charge on any atom is 0.276 e. The lowest BCUT2D eigenvalue weighted by molar-refractivity contribution is 0.0787. The number of amides is 1. The SMILES string of the molecule is O=C(c1cn(C2CCN(S(=O)(=O)c3cccc4ccccc34)CC2)nn1)N1CCCC1. The van der Waals surface area contributed by atoms with Crippen molar-refractivity contribution in [2.24, 2.45) is 0 Å². The average Bonchev–Trinajstić information content (AvgIpc) is 3.51. The second-order valence-corrected chi connectivity index (χ2v) is 10.1. The first kappa shape index (κ1) is 20.1. The van der Waals surface area contributed by atoms with Crippen LogP contribution >= 0.6 is 0 Å². The minimum absolute atomic E-state index is 0.0339. The number of fused-ring (bicyclic) bond motifs is 1. The molecule has 2 fully saturated rings. The van der Waals surface area contributed by atoms with E-state index in [9.17, 15) is 13.2 Å². The molecule has 0 saturated carbocycles. The van der Waals surface area contributed by atoms with E-state index >= 15 is 0 Å². The highest BCUT2D eigenvalue weighted by Gasteiger charge is 2.32. The lowest BCUT2D eigenvalue weighted by atomic mass is 10.1. The van der Waals surface area contributed by atoms with E-state index in [4.69, 9.17) is 0 Å². The minimum Gasteiger partial charge on any atom is -0.337 e. The Morgan fingerprint density at radius 2 is 1.65 bits per heavy atom. The smallest absolute Gasteiger partial charge is 0.276 e. The third kappa shape index (κ3) is 3.72. The molecule has 3 heterocycles. The molecule has 0 radical (unpaired) electrons. The molecular formula is C22H25N5O3S. The van der Waals surface area contributed by atoms with Gasteiger partial charge >= 0.3 is 0 Å². The normalized spacial score (nSPS) is 18.6. The van der Waals surface area contributed by atoms with Crippen LogP contribution in [0.2, 0.25) is 0 Å². The van der Waals surface area contributed by atoms with Gasteiger partial charge in [-0.05, 0) is 37.1 Å². The van der Waals surface area contributed by atoms with E-state index in [1.54, 1.807) is 27.3 Å². The molecule has 1 aromatic heterocycles. The molecule has 0 unspecified atom stereocenters. The Kier molecular flexibility index (Phi) is 5.23. The fraction of sp³-hybridized carbons (Fsp3) is 0.409. The van der Waals surface area contributed by atoms with Gasteiger partial charge in [-0.2, -0.15) is 4.31 Å². The van der Waals surface area contributed by atoms with Gasteiger partial charge in [0.05, 0.1) is 17.1 Å². The number of likely N-dealkylation sites (tertiary alicyclic amines) is 1. The second-order valence-electron chi connectivity index (χ2n) is 8.20. The van der Waals surface area contributed by atoms with E-state index in [0.29, 0.717) is 36.5 Å². The molecule has 0 bridgehead atoms. The van der Waals surface area contributed by atoms with Gasteiger partial charge in [-0.1, -0.05) is 41.6 Å². The Morgan fingerprint density at radius 1 is 0.935 bits per heavy atom. The Bertz CT molecular complexity index is 1200. The van der Waals surface area contributed by atoms with Gasteiger partial charge in [-0.3, -0.25) is 4.79 Å². The first-order valence-corrected chi connectivity index (χ1v) is 12.2. The molecule has 2 aliphatic rings. The summed E-state index contributed by atoms with van der Waals surface area (Å²) in [6.07, 6.45) is 5.03. The number of carbonyl (C=O) groups excluding carboxylic acids is 1. The Labute approximate surface area is 181 Å². The molecule has 0 N–H and O–H groups in total. The number of hydrogen-bond acceptors (Lipinski definition) is 5. The molecule has 162 valence electrons. The average molecular weight is 440 g/mol. The van der Waals surface area contributed by atoms with Crippen molar-refractivity contribution in [1.82, 2.24) is 24.2 Å². The summed E-state index contributed by atoms with van der Waals surface area (Å²) < 4.78 is 29.9. The summed E-state index contributed by atoms with van der Waals surface area (Å²) in [5.41, 5.74) is 0.368. The van der Waals surface area contributed by atoms with E-state index in [0.717, 1.165) is 36.7 Å². The van der Waals surface area contributed by atoms with Crippen LogP contribution in [0.25, 0.3) is 10.8 Å². The fourth-order valence-electron chi connectivity index (χ4n) is 4.54. The third-order valence-electron chi connectivity index (χ3n) is 6.29. The van der Waals surface area contributed by atoms with Gasteiger partial charge < -0.3 is 4.90 Å². The number of benzene rings is 2. The molecule has 0 spiro atoms. The first-order chi connectivity index (χ1) is 15.0. The summed E-state index contributed by atoms with van der Waals surface area (Å²) in [5.74, 6) is -0.0697. The van der Waals surface area contributed by atoms with Crippen LogP contribution in [0.5, 0.6) is 0 Å². The Hall–Kier alpha value is -2.78. The topological polar surface area (TPSA) is 88.4 Å². The van der Waals surface area contributed by atoms with Gasteiger partial charge in [0.2, 0.25) is 10.0 Å². The number of carbonyl (C=O) groups is 1. The molecule has 1 amide bonds. The van der Waals surface area contributed by atoms with Crippen molar-refractivity contribution < 1.29 is 13.2 Å². The molecule has 0 aliphatic carbocycles. The van der Waals surface area contributed by atoms with Gasteiger partial charge in [0.1, 0.15) is 0 Å². The summed E-state index contributed by atoms with van der Waals surface area (Å²) in [7, 11) is -3.59. The van der Waals surface area contributed by atoms with E-state index in [-0.39, 0.29) is 11.9 Å². The second kappa shape index (κ2) is 8.05. The van der Waals surface area contributed by atoms with E-state index in [1.165, 1.54) is 0 Å². The molecule has 31 heavy (non-hydrogen) atoms. The molecule has 2 saturated heterocycles. The zero-order chi connectivity index (χ0) is 21.4. The molecular weight excluding hydrogens is 414 g/mol. The summed E-state index contributed by atoms with van der Waals surface area (Å²) in [6, 6.07) is 13.0. The maximum atomic E-state index is 13.3. The lowest BCUT2D eigenvalue weighted by Crippen LogP contribution is -2.39. The van der Waals surface area contributed by atoms with Crippen LogP contribution < -0.4 is 0 Å². The fourth-order valence-corrected chi connectivity index (χ4v) is 6.23. The predicted molar refractivity (Wildman–Crippen MR) is 116 cm³/mol. The van der Waals surface area contributed by atoms with Crippen LogP contribution in [0.1, 0.15) is 42.2 Å². The number of piperidine rings is 1. The monoisotopic (exact) mass is 439 g/mol. The van der Waals surface area contributed by atoms with E-state index < -0.39 is 10.0 Å². The summed E-state index contributed by atoms with van der Waals surface area (Å²) in [5, 5.41) is 9.90. The van der Waals surface area contributed by atoms with Crippen LogP contribution in [0, 0.1) is 0 Å². The Balaban J connectivity index is 1.30. The molecule has 2 aliphatic heterocycles. The standard InChI is InChI=1S/C22H25N5O3S/c28-22(25-12-3-4-13-25)20-16-27(24-23-20)18-10-14-26(15-11-18)31(29,30)21-9-5-7-17-6-1-2-8-19(17)21/h1-2,5-9,16,18H,3-4,10-15H2.